The van der Waals surface area contributed by atoms with Crippen LogP contribution in [0.2, 0.25) is 5.02 Å². The summed E-state index contributed by atoms with van der Waals surface area (Å²) in [4.78, 5) is 55.1. The van der Waals surface area contributed by atoms with Crippen LogP contribution >= 0.6 is 11.6 Å². The zero-order valence-electron chi connectivity index (χ0n) is 20.6. The van der Waals surface area contributed by atoms with Gasteiger partial charge in [-0.1, -0.05) is 23.7 Å². The van der Waals surface area contributed by atoms with E-state index >= 15 is 0 Å². The Morgan fingerprint density at radius 1 is 0.947 bits per heavy atom. The van der Waals surface area contributed by atoms with Crippen LogP contribution in [0, 0.1) is 0 Å². The molecule has 3 heterocycles. The zero-order valence-corrected chi connectivity index (χ0v) is 21.4. The molecule has 3 amide bonds. The number of likely N-dealkylation sites (tertiary alicyclic amines) is 1. The Morgan fingerprint density at radius 2 is 1.66 bits per heavy atom. The minimum absolute atomic E-state index is 0.0942. The van der Waals surface area contributed by atoms with E-state index in [0.717, 1.165) is 10.9 Å². The number of aromatic amines is 1. The highest BCUT2D eigenvalue weighted by Gasteiger charge is 2.33. The summed E-state index contributed by atoms with van der Waals surface area (Å²) in [6, 6.07) is 15.9. The lowest BCUT2D eigenvalue weighted by atomic mass is 9.97. The summed E-state index contributed by atoms with van der Waals surface area (Å²) in [5.41, 5.74) is 2.08. The van der Waals surface area contributed by atoms with Gasteiger partial charge in [-0.25, -0.2) is 0 Å². The molecule has 0 spiro atoms. The summed E-state index contributed by atoms with van der Waals surface area (Å²) in [5.74, 6) is -0.715. The van der Waals surface area contributed by atoms with E-state index in [1.807, 2.05) is 0 Å². The van der Waals surface area contributed by atoms with Crippen LogP contribution in [0.3, 0.4) is 0 Å². The van der Waals surface area contributed by atoms with Crippen molar-refractivity contribution < 1.29 is 14.4 Å². The van der Waals surface area contributed by atoms with Crippen LogP contribution in [0.25, 0.3) is 16.6 Å². The van der Waals surface area contributed by atoms with Crippen LogP contribution in [0.1, 0.15) is 34.1 Å². The van der Waals surface area contributed by atoms with Crippen molar-refractivity contribution in [2.24, 2.45) is 0 Å². The molecule has 9 nitrogen and oxygen atoms in total. The van der Waals surface area contributed by atoms with Crippen LogP contribution in [0.5, 0.6) is 0 Å². The molecule has 0 saturated carbocycles. The van der Waals surface area contributed by atoms with Gasteiger partial charge in [-0.05, 0) is 48.9 Å². The summed E-state index contributed by atoms with van der Waals surface area (Å²) in [7, 11) is 0. The second-order valence-electron chi connectivity index (χ2n) is 9.27. The van der Waals surface area contributed by atoms with E-state index in [4.69, 9.17) is 11.6 Å². The highest BCUT2D eigenvalue weighted by atomic mass is 35.5. The molecule has 38 heavy (non-hydrogen) atoms. The molecule has 3 N–H and O–H groups in total. The maximum atomic E-state index is 13.1. The highest BCUT2D eigenvalue weighted by molar-refractivity contribution is 6.35. The lowest BCUT2D eigenvalue weighted by Gasteiger charge is -2.39. The number of carbonyl (C=O) groups excluding carboxylic acids is 3. The minimum atomic E-state index is -0.491. The number of aromatic nitrogens is 2. The first kappa shape index (κ1) is 25.3. The quantitative estimate of drug-likeness (QED) is 0.367. The molecule has 4 aromatic rings. The third-order valence-electron chi connectivity index (χ3n) is 6.81. The van der Waals surface area contributed by atoms with Gasteiger partial charge in [-0.15, -0.1) is 0 Å². The number of halogens is 1. The van der Waals surface area contributed by atoms with Crippen molar-refractivity contribution >= 4 is 40.2 Å². The van der Waals surface area contributed by atoms with Gasteiger partial charge in [0, 0.05) is 66.2 Å². The fraction of sp³-hybridized carbons (Fsp3) is 0.214. The number of rotatable bonds is 5. The monoisotopic (exact) mass is 531 g/mol. The number of H-pyrrole nitrogens is 1. The number of nitrogens with zero attached hydrogens (tertiary/aromatic N) is 2. The summed E-state index contributed by atoms with van der Waals surface area (Å²) >= 11 is 6.15. The molecule has 2 aromatic carbocycles. The summed E-state index contributed by atoms with van der Waals surface area (Å²) in [6.45, 7) is 2.23. The number of hydrogen-bond donors (Lipinski definition) is 3. The van der Waals surface area contributed by atoms with Gasteiger partial charge < -0.3 is 20.5 Å². The number of pyridine rings is 1. The first-order valence-electron chi connectivity index (χ1n) is 12.2. The van der Waals surface area contributed by atoms with E-state index in [1.165, 1.54) is 17.6 Å². The van der Waals surface area contributed by atoms with Gasteiger partial charge in [0.15, 0.2) is 0 Å². The second kappa shape index (κ2) is 10.5. The van der Waals surface area contributed by atoms with Crippen molar-refractivity contribution in [2.45, 2.75) is 25.4 Å². The smallest absolute Gasteiger partial charge is 0.255 e. The molecule has 0 bridgehead atoms. The molecule has 2 aromatic heterocycles. The van der Waals surface area contributed by atoms with Crippen LogP contribution in [-0.2, 0) is 4.79 Å². The highest BCUT2D eigenvalue weighted by Crippen LogP contribution is 2.24. The summed E-state index contributed by atoms with van der Waals surface area (Å²) in [5, 5.41) is 7.41. The molecule has 1 aliphatic rings. The van der Waals surface area contributed by atoms with Gasteiger partial charge in [0.05, 0.1) is 17.1 Å². The maximum Gasteiger partial charge on any atom is 0.255 e. The molecule has 1 aliphatic heterocycles. The van der Waals surface area contributed by atoms with Gasteiger partial charge in [0.1, 0.15) is 0 Å². The van der Waals surface area contributed by atoms with Gasteiger partial charge >= 0.3 is 0 Å². The lowest BCUT2D eigenvalue weighted by molar-refractivity contribution is -0.130. The SMILES string of the molecule is CC(=O)N1CC[C@H](NC(=O)c2ccc(-n3ccccc3=O)cc2)C(NC(=O)c2ccc3c(Cl)c[nH]c3c2)C1. The fourth-order valence-corrected chi connectivity index (χ4v) is 4.93. The standard InChI is InChI=1S/C28H26ClN5O4/c1-17(35)33-13-11-23(25(16-33)32-28(38)19-7-10-21-22(29)15-30-24(21)14-19)31-27(37)18-5-8-20(9-6-18)34-12-3-2-4-26(34)36/h2-10,12,14-15,23,25,30H,11,13,16H2,1H3,(H,31,37)(H,32,38)/t23-,25?/m0/s1. The van der Waals surface area contributed by atoms with Crippen molar-refractivity contribution in [3.8, 4) is 5.69 Å². The van der Waals surface area contributed by atoms with E-state index < -0.39 is 6.04 Å². The van der Waals surface area contributed by atoms with Gasteiger partial charge in [-0.2, -0.15) is 0 Å². The molecule has 1 unspecified atom stereocenters. The van der Waals surface area contributed by atoms with E-state index in [-0.39, 0.29) is 35.9 Å². The first-order chi connectivity index (χ1) is 18.3. The fourth-order valence-electron chi connectivity index (χ4n) is 4.71. The molecule has 5 rings (SSSR count). The first-order valence-corrected chi connectivity index (χ1v) is 12.6. The van der Waals surface area contributed by atoms with Crippen LogP contribution in [0.4, 0.5) is 0 Å². The largest absolute Gasteiger partial charge is 0.360 e. The van der Waals surface area contributed by atoms with E-state index in [0.29, 0.717) is 34.8 Å². The number of benzene rings is 2. The molecule has 2 atom stereocenters. The normalized spacial score (nSPS) is 17.3. The third-order valence-corrected chi connectivity index (χ3v) is 7.13. The Hall–Kier alpha value is -4.37. The molecule has 0 aliphatic carbocycles. The summed E-state index contributed by atoms with van der Waals surface area (Å²) in [6.07, 6.45) is 3.81. The van der Waals surface area contributed by atoms with Gasteiger partial charge in [0.2, 0.25) is 5.91 Å². The predicted octanol–water partition coefficient (Wildman–Crippen LogP) is 3.12. The Labute approximate surface area is 223 Å². The van der Waals surface area contributed by atoms with Crippen LogP contribution in [0.15, 0.2) is 77.9 Å². The van der Waals surface area contributed by atoms with E-state index in [1.54, 1.807) is 71.9 Å². The Bertz CT molecular complexity index is 1580. The predicted molar refractivity (Wildman–Crippen MR) is 145 cm³/mol. The van der Waals surface area contributed by atoms with Crippen molar-refractivity contribution in [3.05, 3.63) is 99.6 Å². The molecular formula is C28H26ClN5O4. The Morgan fingerprint density at radius 3 is 2.39 bits per heavy atom. The molecule has 1 saturated heterocycles. The van der Waals surface area contributed by atoms with Gasteiger partial charge in [0.25, 0.3) is 17.4 Å². The summed E-state index contributed by atoms with van der Waals surface area (Å²) < 4.78 is 1.49. The zero-order chi connectivity index (χ0) is 26.8. The number of piperidine rings is 1. The Kier molecular flexibility index (Phi) is 7.02. The number of carbonyl (C=O) groups is 3. The third kappa shape index (κ3) is 5.19. The lowest BCUT2D eigenvalue weighted by Crippen LogP contribution is -2.61. The average Bonchev–Trinajstić information content (AvgIpc) is 3.29. The van der Waals surface area contributed by atoms with Crippen molar-refractivity contribution in [2.75, 3.05) is 13.1 Å². The molecule has 194 valence electrons. The number of amides is 3. The molecule has 0 radical (unpaired) electrons. The van der Waals surface area contributed by atoms with Crippen LogP contribution in [-0.4, -0.2) is 57.3 Å². The molecule has 10 heteroatoms. The molecular weight excluding hydrogens is 506 g/mol. The Balaban J connectivity index is 1.32. The number of nitrogens with one attached hydrogen (secondary N) is 3. The number of hydrogen-bond acceptors (Lipinski definition) is 4. The maximum absolute atomic E-state index is 13.1. The topological polar surface area (TPSA) is 116 Å². The number of fused-ring (bicyclic) bond motifs is 1. The van der Waals surface area contributed by atoms with Gasteiger partial charge in [-0.3, -0.25) is 23.7 Å². The van der Waals surface area contributed by atoms with Crippen molar-refractivity contribution in [1.82, 2.24) is 25.1 Å². The average molecular weight is 532 g/mol. The van der Waals surface area contributed by atoms with Crippen molar-refractivity contribution in [3.63, 3.8) is 0 Å². The van der Waals surface area contributed by atoms with E-state index in [2.05, 4.69) is 15.6 Å². The second-order valence-corrected chi connectivity index (χ2v) is 9.67. The minimum Gasteiger partial charge on any atom is -0.360 e. The van der Waals surface area contributed by atoms with Crippen molar-refractivity contribution in [1.29, 1.82) is 0 Å². The van der Waals surface area contributed by atoms with E-state index in [9.17, 15) is 19.2 Å². The van der Waals surface area contributed by atoms with Crippen LogP contribution < -0.4 is 16.2 Å². The molecule has 1 fully saturated rings.